The van der Waals surface area contributed by atoms with Crippen LogP contribution in [-0.4, -0.2) is 16.6 Å². The third kappa shape index (κ3) is 4.78. The zero-order chi connectivity index (χ0) is 27.5. The lowest BCUT2D eigenvalue weighted by atomic mass is 9.96. The van der Waals surface area contributed by atoms with Gasteiger partial charge < -0.3 is 9.88 Å². The van der Waals surface area contributed by atoms with Crippen molar-refractivity contribution in [1.29, 1.82) is 0 Å². The molecule has 2 heterocycles. The summed E-state index contributed by atoms with van der Waals surface area (Å²) < 4.78 is 2.43. The van der Waals surface area contributed by atoms with Gasteiger partial charge in [0.2, 0.25) is 0 Å². The van der Waals surface area contributed by atoms with E-state index in [0.717, 1.165) is 35.4 Å². The van der Waals surface area contributed by atoms with Crippen molar-refractivity contribution in [2.45, 2.75) is 33.0 Å². The lowest BCUT2D eigenvalue weighted by Gasteiger charge is -2.23. The van der Waals surface area contributed by atoms with Crippen molar-refractivity contribution in [1.82, 2.24) is 4.57 Å². The van der Waals surface area contributed by atoms with E-state index < -0.39 is 6.29 Å². The maximum Gasteiger partial charge on any atom is 0.171 e. The van der Waals surface area contributed by atoms with Gasteiger partial charge in [0, 0.05) is 33.3 Å². The van der Waals surface area contributed by atoms with Crippen LogP contribution in [-0.2, 0) is 0 Å². The number of hydrogen-bond acceptors (Lipinski definition) is 3. The van der Waals surface area contributed by atoms with Crippen LogP contribution in [0.25, 0.3) is 38.6 Å². The Kier molecular flexibility index (Phi) is 7.17. The number of nitrogens with one attached hydrogen (secondary N) is 1. The molecule has 5 aromatic rings. The second kappa shape index (κ2) is 11.2. The van der Waals surface area contributed by atoms with Crippen molar-refractivity contribution < 1.29 is 0 Å². The third-order valence-electron chi connectivity index (χ3n) is 7.53. The molecule has 1 atom stereocenters. The summed E-state index contributed by atoms with van der Waals surface area (Å²) in [4.78, 5) is 4.69. The summed E-state index contributed by atoms with van der Waals surface area (Å²) in [5, 5.41) is 5.81. The second-order valence-electron chi connectivity index (χ2n) is 10.1. The van der Waals surface area contributed by atoms with Gasteiger partial charge in [-0.05, 0) is 68.2 Å². The quantitative estimate of drug-likeness (QED) is 0.233. The van der Waals surface area contributed by atoms with E-state index >= 15 is 0 Å². The number of rotatable bonds is 3. The molecule has 4 heteroatoms. The van der Waals surface area contributed by atoms with Crippen molar-refractivity contribution in [3.8, 4) is 11.1 Å². The molecule has 7 rings (SSSR count). The Labute approximate surface area is 235 Å². The van der Waals surface area contributed by atoms with Crippen molar-refractivity contribution in [3.05, 3.63) is 133 Å². The van der Waals surface area contributed by atoms with E-state index in [1.54, 1.807) is 0 Å². The zero-order valence-corrected chi connectivity index (χ0v) is 23.0. The van der Waals surface area contributed by atoms with E-state index in [9.17, 15) is 0 Å². The first-order valence-electron chi connectivity index (χ1n) is 13.9. The number of allylic oxidation sites excluding steroid dienone is 6. The zero-order valence-electron chi connectivity index (χ0n) is 23.0. The predicted octanol–water partition coefficient (Wildman–Crippen LogP) is 8.74. The highest BCUT2D eigenvalue weighted by Crippen LogP contribution is 2.36. The van der Waals surface area contributed by atoms with Crippen LogP contribution in [0.1, 0.15) is 37.8 Å². The topological polar surface area (TPSA) is 55.3 Å². The minimum Gasteiger partial charge on any atom is -0.351 e. The third-order valence-corrected chi connectivity index (χ3v) is 7.53. The monoisotopic (exact) mass is 522 g/mol. The van der Waals surface area contributed by atoms with E-state index in [1.165, 1.54) is 38.6 Å². The first-order valence-corrected chi connectivity index (χ1v) is 13.9. The van der Waals surface area contributed by atoms with Gasteiger partial charge in [0.05, 0.1) is 16.7 Å². The molecule has 40 heavy (non-hydrogen) atoms. The Hall–Kier alpha value is -4.67. The number of nitrogens with zero attached hydrogens (tertiary/aromatic N) is 2. The number of hydrogen-bond donors (Lipinski definition) is 2. The summed E-state index contributed by atoms with van der Waals surface area (Å²) in [7, 11) is 0. The molecule has 0 spiro atoms. The lowest BCUT2D eigenvalue weighted by Crippen LogP contribution is -2.33. The Morgan fingerprint density at radius 1 is 0.800 bits per heavy atom. The number of nitrogens with two attached hydrogens (primary N) is 1. The van der Waals surface area contributed by atoms with Crippen LogP contribution in [0.15, 0.2) is 126 Å². The van der Waals surface area contributed by atoms with Gasteiger partial charge in [0.1, 0.15) is 0 Å². The van der Waals surface area contributed by atoms with Crippen LogP contribution in [0.4, 0.5) is 5.69 Å². The minimum atomic E-state index is -0.441. The number of aliphatic imine (C=N–C) groups is 1. The Bertz CT molecular complexity index is 1790. The second-order valence-corrected chi connectivity index (χ2v) is 10.1. The standard InChI is InChI=1S/C32H26N4.C4H8/c33-32-34-28-12-6-4-11-26(28)31(35-32)22-16-14-21(15-17-22)23-18-19-30-27(20-23)25-10-5-7-13-29(25)36(30)24-8-2-1-3-9-24;1-3-4-2/h1-2,4-8,10-20,32,34H,3,9,33H2;3-4H,1-2H3/b;4-3-. The molecule has 0 bridgehead atoms. The Balaban J connectivity index is 0.000000680. The number of fused-ring (bicyclic) bond motifs is 4. The summed E-state index contributed by atoms with van der Waals surface area (Å²) >= 11 is 0. The van der Waals surface area contributed by atoms with Crippen LogP contribution in [0, 0.1) is 0 Å². The van der Waals surface area contributed by atoms with E-state index in [0.29, 0.717) is 0 Å². The van der Waals surface area contributed by atoms with Gasteiger partial charge in [-0.25, -0.2) is 4.99 Å². The molecule has 3 N–H and O–H groups in total. The van der Waals surface area contributed by atoms with E-state index in [-0.39, 0.29) is 0 Å². The normalized spacial score (nSPS) is 16.2. The molecule has 0 radical (unpaired) electrons. The summed E-state index contributed by atoms with van der Waals surface area (Å²) in [5.74, 6) is 0. The molecular formula is C36H34N4. The summed E-state index contributed by atoms with van der Waals surface area (Å²) in [5.41, 5.74) is 16.5. The molecule has 198 valence electrons. The molecule has 4 nitrogen and oxygen atoms in total. The van der Waals surface area contributed by atoms with Crippen LogP contribution in [0.2, 0.25) is 0 Å². The van der Waals surface area contributed by atoms with Gasteiger partial charge in [0.25, 0.3) is 0 Å². The molecule has 0 saturated carbocycles. The summed E-state index contributed by atoms with van der Waals surface area (Å²) in [6.45, 7) is 4.00. The molecule has 0 saturated heterocycles. The molecule has 1 unspecified atom stereocenters. The van der Waals surface area contributed by atoms with Crippen molar-refractivity contribution >= 4 is 38.9 Å². The molecule has 1 aromatic heterocycles. The number of para-hydroxylation sites is 2. The highest BCUT2D eigenvalue weighted by atomic mass is 15.2. The first kappa shape index (κ1) is 25.6. The van der Waals surface area contributed by atoms with Crippen LogP contribution in [0.5, 0.6) is 0 Å². The molecule has 0 fully saturated rings. The molecule has 1 aliphatic heterocycles. The van der Waals surface area contributed by atoms with Crippen LogP contribution in [0.3, 0.4) is 0 Å². The van der Waals surface area contributed by atoms with Gasteiger partial charge in [-0.3, -0.25) is 5.73 Å². The Morgan fingerprint density at radius 2 is 1.50 bits per heavy atom. The number of aromatic nitrogens is 1. The fourth-order valence-electron chi connectivity index (χ4n) is 5.50. The van der Waals surface area contributed by atoms with Crippen molar-refractivity contribution in [2.24, 2.45) is 10.7 Å². The predicted molar refractivity (Wildman–Crippen MR) is 172 cm³/mol. The van der Waals surface area contributed by atoms with E-state index in [4.69, 9.17) is 5.73 Å². The first-order chi connectivity index (χ1) is 19.7. The van der Waals surface area contributed by atoms with E-state index in [1.807, 2.05) is 44.2 Å². The van der Waals surface area contributed by atoms with Crippen molar-refractivity contribution in [2.75, 3.05) is 5.32 Å². The highest BCUT2D eigenvalue weighted by molar-refractivity contribution is 6.17. The lowest BCUT2D eigenvalue weighted by molar-refractivity contribution is 0.801. The summed E-state index contributed by atoms with van der Waals surface area (Å²) in [6, 6.07) is 32.4. The molecule has 4 aromatic carbocycles. The van der Waals surface area contributed by atoms with Gasteiger partial charge >= 0.3 is 0 Å². The van der Waals surface area contributed by atoms with Gasteiger partial charge in [-0.2, -0.15) is 0 Å². The van der Waals surface area contributed by atoms with Crippen LogP contribution < -0.4 is 11.1 Å². The highest BCUT2D eigenvalue weighted by Gasteiger charge is 2.19. The maximum absolute atomic E-state index is 6.14. The summed E-state index contributed by atoms with van der Waals surface area (Å²) in [6.07, 6.45) is 12.4. The van der Waals surface area contributed by atoms with E-state index in [2.05, 4.69) is 106 Å². The Morgan fingerprint density at radius 3 is 2.27 bits per heavy atom. The van der Waals surface area contributed by atoms with Gasteiger partial charge in [-0.1, -0.05) is 91.0 Å². The van der Waals surface area contributed by atoms with Crippen molar-refractivity contribution in [3.63, 3.8) is 0 Å². The number of anilines is 1. The molecule has 2 aliphatic rings. The average Bonchev–Trinajstić information content (AvgIpc) is 3.35. The fourth-order valence-corrected chi connectivity index (χ4v) is 5.50. The molecule has 0 amide bonds. The maximum atomic E-state index is 6.14. The SMILES string of the molecule is C/C=C\C.NC1N=C(c2ccc(-c3ccc4c(c3)c3ccccc3n4C3=CC=CCC3)cc2)c2ccccc2N1. The molecule has 1 aliphatic carbocycles. The minimum absolute atomic E-state index is 0.441. The van der Waals surface area contributed by atoms with Crippen LogP contribution >= 0.6 is 0 Å². The van der Waals surface area contributed by atoms with Gasteiger partial charge in [-0.15, -0.1) is 0 Å². The smallest absolute Gasteiger partial charge is 0.171 e. The fraction of sp³-hybridized carbons (Fsp3) is 0.139. The number of benzene rings is 4. The largest absolute Gasteiger partial charge is 0.351 e. The van der Waals surface area contributed by atoms with Gasteiger partial charge in [0.15, 0.2) is 6.29 Å². The average molecular weight is 523 g/mol. The molecular weight excluding hydrogens is 488 g/mol.